The van der Waals surface area contributed by atoms with E-state index in [0.717, 1.165) is 0 Å². The normalized spacial score (nSPS) is 10.5. The maximum absolute atomic E-state index is 12.0. The standard InChI is InChI=1S/C16H12ClF2NO4/c17-10-3-6-12(13(20)7-10)15(22)23-8-14(21)9-1-4-11(5-2-9)24-16(18)19/h1-7,16H,8,20H2. The van der Waals surface area contributed by atoms with Crippen LogP contribution in [0.15, 0.2) is 42.5 Å². The Morgan fingerprint density at radius 1 is 1.12 bits per heavy atom. The fourth-order valence-corrected chi connectivity index (χ4v) is 2.01. The summed E-state index contributed by atoms with van der Waals surface area (Å²) in [6.45, 7) is -3.46. The lowest BCUT2D eigenvalue weighted by Gasteiger charge is -2.08. The number of alkyl halides is 2. The molecule has 0 unspecified atom stereocenters. The van der Waals surface area contributed by atoms with E-state index in [-0.39, 0.29) is 22.6 Å². The lowest BCUT2D eigenvalue weighted by molar-refractivity contribution is -0.0498. The average Bonchev–Trinajstić information content (AvgIpc) is 2.52. The van der Waals surface area contributed by atoms with Gasteiger partial charge in [0.1, 0.15) is 5.75 Å². The summed E-state index contributed by atoms with van der Waals surface area (Å²) in [5, 5.41) is 0.367. The van der Waals surface area contributed by atoms with Crippen molar-refractivity contribution >= 4 is 29.0 Å². The van der Waals surface area contributed by atoms with Gasteiger partial charge in [-0.3, -0.25) is 4.79 Å². The number of esters is 1. The number of ketones is 1. The second-order valence-corrected chi connectivity index (χ2v) is 5.07. The van der Waals surface area contributed by atoms with Crippen LogP contribution in [-0.4, -0.2) is 25.0 Å². The molecule has 2 N–H and O–H groups in total. The second kappa shape index (κ2) is 7.74. The molecule has 0 saturated carbocycles. The van der Waals surface area contributed by atoms with Crippen molar-refractivity contribution < 1.29 is 27.8 Å². The summed E-state index contributed by atoms with van der Waals surface area (Å²) in [4.78, 5) is 23.8. The molecule has 2 aromatic rings. The molecule has 0 atom stereocenters. The third-order valence-corrected chi connectivity index (χ3v) is 3.20. The highest BCUT2D eigenvalue weighted by Gasteiger charge is 2.15. The van der Waals surface area contributed by atoms with Gasteiger partial charge >= 0.3 is 12.6 Å². The van der Waals surface area contributed by atoms with Gasteiger partial charge in [-0.05, 0) is 42.5 Å². The summed E-state index contributed by atoms with van der Waals surface area (Å²) in [5.41, 5.74) is 6.06. The lowest BCUT2D eigenvalue weighted by Crippen LogP contribution is -2.15. The van der Waals surface area contributed by atoms with E-state index in [1.165, 1.54) is 42.5 Å². The highest BCUT2D eigenvalue weighted by molar-refractivity contribution is 6.31. The summed E-state index contributed by atoms with van der Waals surface area (Å²) in [6.07, 6.45) is 0. The highest BCUT2D eigenvalue weighted by Crippen LogP contribution is 2.19. The van der Waals surface area contributed by atoms with Gasteiger partial charge in [-0.25, -0.2) is 4.79 Å². The first-order chi connectivity index (χ1) is 11.4. The zero-order valence-electron chi connectivity index (χ0n) is 12.2. The van der Waals surface area contributed by atoms with E-state index in [2.05, 4.69) is 4.74 Å². The van der Waals surface area contributed by atoms with Crippen molar-refractivity contribution in [3.63, 3.8) is 0 Å². The van der Waals surface area contributed by atoms with Gasteiger partial charge in [0, 0.05) is 16.3 Å². The molecular weight excluding hydrogens is 344 g/mol. The lowest BCUT2D eigenvalue weighted by atomic mass is 10.1. The number of anilines is 1. The van der Waals surface area contributed by atoms with E-state index in [9.17, 15) is 18.4 Å². The molecule has 0 saturated heterocycles. The molecule has 0 aromatic heterocycles. The van der Waals surface area contributed by atoms with Gasteiger partial charge in [0.2, 0.25) is 0 Å². The number of hydrogen-bond donors (Lipinski definition) is 1. The molecule has 24 heavy (non-hydrogen) atoms. The van der Waals surface area contributed by atoms with Gasteiger partial charge in [-0.15, -0.1) is 0 Å². The second-order valence-electron chi connectivity index (χ2n) is 4.63. The minimum Gasteiger partial charge on any atom is -0.454 e. The molecule has 126 valence electrons. The van der Waals surface area contributed by atoms with Crippen LogP contribution in [0.25, 0.3) is 0 Å². The van der Waals surface area contributed by atoms with Crippen molar-refractivity contribution in [3.8, 4) is 5.75 Å². The number of hydrogen-bond acceptors (Lipinski definition) is 5. The Balaban J connectivity index is 1.96. The number of rotatable bonds is 6. The number of carbonyl (C=O) groups excluding carboxylic acids is 2. The van der Waals surface area contributed by atoms with Gasteiger partial charge in [0.05, 0.1) is 5.56 Å². The predicted molar refractivity (Wildman–Crippen MR) is 83.6 cm³/mol. The van der Waals surface area contributed by atoms with E-state index < -0.39 is 25.0 Å². The number of carbonyl (C=O) groups is 2. The number of nitrogen functional groups attached to an aromatic ring is 1. The predicted octanol–water partition coefficient (Wildman–Crippen LogP) is 3.56. The minimum absolute atomic E-state index is 0.0764. The Morgan fingerprint density at radius 2 is 1.79 bits per heavy atom. The van der Waals surface area contributed by atoms with Gasteiger partial charge in [0.15, 0.2) is 12.4 Å². The average molecular weight is 356 g/mol. The van der Waals surface area contributed by atoms with Crippen molar-refractivity contribution in [1.29, 1.82) is 0 Å². The number of nitrogens with two attached hydrogens (primary N) is 1. The van der Waals surface area contributed by atoms with E-state index in [1.54, 1.807) is 0 Å². The minimum atomic E-state index is -2.95. The first-order valence-electron chi connectivity index (χ1n) is 6.67. The van der Waals surface area contributed by atoms with Gasteiger partial charge in [-0.1, -0.05) is 11.6 Å². The molecule has 0 fully saturated rings. The maximum Gasteiger partial charge on any atom is 0.387 e. The first kappa shape index (κ1) is 17.7. The SMILES string of the molecule is Nc1cc(Cl)ccc1C(=O)OCC(=O)c1ccc(OC(F)F)cc1. The maximum atomic E-state index is 12.0. The molecule has 0 aliphatic carbocycles. The Bertz CT molecular complexity index is 750. The summed E-state index contributed by atoms with van der Waals surface area (Å²) in [6, 6.07) is 9.28. The van der Waals surface area contributed by atoms with Crippen LogP contribution in [-0.2, 0) is 4.74 Å². The molecule has 5 nitrogen and oxygen atoms in total. The Hall–Kier alpha value is -2.67. The number of benzene rings is 2. The van der Waals surface area contributed by atoms with E-state index in [1.807, 2.05) is 0 Å². The van der Waals surface area contributed by atoms with E-state index >= 15 is 0 Å². The molecule has 2 rings (SSSR count). The molecule has 2 aromatic carbocycles. The van der Waals surface area contributed by atoms with Crippen LogP contribution in [0.2, 0.25) is 5.02 Å². The van der Waals surface area contributed by atoms with E-state index in [0.29, 0.717) is 5.02 Å². The zero-order chi connectivity index (χ0) is 17.7. The topological polar surface area (TPSA) is 78.6 Å². The summed E-state index contributed by atoms with van der Waals surface area (Å²) >= 11 is 5.73. The van der Waals surface area contributed by atoms with Crippen molar-refractivity contribution in [2.75, 3.05) is 12.3 Å². The molecule has 0 aliphatic heterocycles. The van der Waals surface area contributed by atoms with Crippen LogP contribution in [0.4, 0.5) is 14.5 Å². The molecule has 0 spiro atoms. The number of halogens is 3. The van der Waals surface area contributed by atoms with E-state index in [4.69, 9.17) is 22.1 Å². The molecule has 0 aliphatic rings. The monoisotopic (exact) mass is 355 g/mol. The van der Waals surface area contributed by atoms with Gasteiger partial charge < -0.3 is 15.2 Å². The third kappa shape index (κ3) is 4.66. The Labute approximate surface area is 140 Å². The van der Waals surface area contributed by atoms with Crippen LogP contribution in [0.1, 0.15) is 20.7 Å². The summed E-state index contributed by atoms with van der Waals surface area (Å²) < 4.78 is 33.2. The van der Waals surface area contributed by atoms with Crippen molar-refractivity contribution in [2.24, 2.45) is 0 Å². The molecule has 0 heterocycles. The fraction of sp³-hybridized carbons (Fsp3) is 0.125. The highest BCUT2D eigenvalue weighted by atomic mass is 35.5. The fourth-order valence-electron chi connectivity index (χ4n) is 1.83. The third-order valence-electron chi connectivity index (χ3n) is 2.97. The van der Waals surface area contributed by atoms with Crippen LogP contribution < -0.4 is 10.5 Å². The molecule has 0 bridgehead atoms. The Morgan fingerprint density at radius 3 is 2.38 bits per heavy atom. The Kier molecular flexibility index (Phi) is 5.70. The quantitative estimate of drug-likeness (QED) is 0.487. The summed E-state index contributed by atoms with van der Waals surface area (Å²) in [7, 11) is 0. The van der Waals surface area contributed by atoms with Crippen LogP contribution in [0, 0.1) is 0 Å². The van der Waals surface area contributed by atoms with Crippen molar-refractivity contribution in [3.05, 3.63) is 58.6 Å². The molecule has 0 amide bonds. The first-order valence-corrected chi connectivity index (χ1v) is 7.05. The van der Waals surface area contributed by atoms with Crippen LogP contribution >= 0.6 is 11.6 Å². The largest absolute Gasteiger partial charge is 0.454 e. The molecular formula is C16H12ClF2NO4. The van der Waals surface area contributed by atoms with Crippen molar-refractivity contribution in [1.82, 2.24) is 0 Å². The number of Topliss-reactive ketones (excluding diaryl/α,β-unsaturated/α-hetero) is 1. The van der Waals surface area contributed by atoms with Crippen molar-refractivity contribution in [2.45, 2.75) is 6.61 Å². The van der Waals surface area contributed by atoms with Gasteiger partial charge in [-0.2, -0.15) is 8.78 Å². The molecule has 0 radical (unpaired) electrons. The summed E-state index contributed by atoms with van der Waals surface area (Å²) in [5.74, 6) is -1.35. The zero-order valence-corrected chi connectivity index (χ0v) is 12.9. The van der Waals surface area contributed by atoms with Crippen LogP contribution in [0.3, 0.4) is 0 Å². The van der Waals surface area contributed by atoms with Crippen LogP contribution in [0.5, 0.6) is 5.75 Å². The molecule has 8 heteroatoms. The smallest absolute Gasteiger partial charge is 0.387 e. The van der Waals surface area contributed by atoms with Gasteiger partial charge in [0.25, 0.3) is 0 Å². The number of ether oxygens (including phenoxy) is 2.